The van der Waals surface area contributed by atoms with E-state index in [-0.39, 0.29) is 17.8 Å². The van der Waals surface area contributed by atoms with Crippen LogP contribution in [-0.2, 0) is 0 Å². The highest BCUT2D eigenvalue weighted by molar-refractivity contribution is 6.30. The monoisotopic (exact) mass is 420 g/mol. The first-order valence-electron chi connectivity index (χ1n) is 9.42. The molecule has 2 saturated heterocycles. The second-order valence-electron chi connectivity index (χ2n) is 7.28. The van der Waals surface area contributed by atoms with E-state index in [0.717, 1.165) is 6.20 Å². The Balaban J connectivity index is 1.36. The second kappa shape index (κ2) is 8.10. The number of piperazine rings is 1. The Morgan fingerprint density at radius 2 is 1.86 bits per heavy atom. The van der Waals surface area contributed by atoms with Crippen LogP contribution in [0.3, 0.4) is 0 Å². The molecule has 3 N–H and O–H groups in total. The van der Waals surface area contributed by atoms with Crippen LogP contribution >= 0.6 is 11.6 Å². The van der Waals surface area contributed by atoms with Crippen molar-refractivity contribution >= 4 is 29.3 Å². The molecule has 0 bridgehead atoms. The number of aliphatic hydroxyl groups excluding tert-OH is 1. The Kier molecular flexibility index (Phi) is 5.53. The number of hydrogen-bond acceptors (Lipinski definition) is 7. The lowest BCUT2D eigenvalue weighted by atomic mass is 10.1. The van der Waals surface area contributed by atoms with Crippen LogP contribution in [0, 0.1) is 5.82 Å². The lowest BCUT2D eigenvalue weighted by Gasteiger charge is -2.38. The Morgan fingerprint density at radius 3 is 2.52 bits per heavy atom. The fraction of sp³-hybridized carbons (Fsp3) is 0.421. The first-order valence-corrected chi connectivity index (χ1v) is 9.80. The van der Waals surface area contributed by atoms with Gasteiger partial charge in [-0.3, -0.25) is 9.69 Å². The summed E-state index contributed by atoms with van der Waals surface area (Å²) in [5, 5.41) is 11.1. The Hall–Kier alpha value is -2.49. The molecular formula is C19H22ClFN6O2. The van der Waals surface area contributed by atoms with Gasteiger partial charge in [-0.2, -0.15) is 4.98 Å². The molecular weight excluding hydrogens is 399 g/mol. The van der Waals surface area contributed by atoms with Gasteiger partial charge in [-0.05, 0) is 24.3 Å². The van der Waals surface area contributed by atoms with E-state index in [2.05, 4.69) is 14.9 Å². The number of carbonyl (C=O) groups is 1. The van der Waals surface area contributed by atoms with Gasteiger partial charge in [0.25, 0.3) is 5.91 Å². The number of nitrogens with zero attached hydrogens (tertiary/aromatic N) is 5. The number of nitrogen functional groups attached to an aromatic ring is 1. The van der Waals surface area contributed by atoms with Crippen molar-refractivity contribution in [3.05, 3.63) is 46.9 Å². The third kappa shape index (κ3) is 4.12. The molecule has 0 saturated carbocycles. The molecule has 10 heteroatoms. The highest BCUT2D eigenvalue weighted by Crippen LogP contribution is 2.23. The van der Waals surface area contributed by atoms with Gasteiger partial charge in [0.1, 0.15) is 0 Å². The zero-order valence-electron chi connectivity index (χ0n) is 15.7. The van der Waals surface area contributed by atoms with Gasteiger partial charge in [-0.25, -0.2) is 9.37 Å². The minimum Gasteiger partial charge on any atom is -0.390 e. The van der Waals surface area contributed by atoms with Gasteiger partial charge in [0, 0.05) is 49.9 Å². The number of halogens is 2. The number of anilines is 2. The van der Waals surface area contributed by atoms with Gasteiger partial charge in [-0.1, -0.05) is 11.6 Å². The van der Waals surface area contributed by atoms with Crippen molar-refractivity contribution in [1.82, 2.24) is 19.8 Å². The van der Waals surface area contributed by atoms with E-state index in [4.69, 9.17) is 17.3 Å². The molecule has 0 aliphatic carbocycles. The van der Waals surface area contributed by atoms with Crippen molar-refractivity contribution in [1.29, 1.82) is 0 Å². The van der Waals surface area contributed by atoms with E-state index < -0.39 is 11.9 Å². The molecule has 4 rings (SSSR count). The summed E-state index contributed by atoms with van der Waals surface area (Å²) in [7, 11) is 0. The molecule has 3 heterocycles. The molecule has 1 aromatic heterocycles. The highest BCUT2D eigenvalue weighted by atomic mass is 35.5. The number of aliphatic hydroxyl groups is 1. The molecule has 2 fully saturated rings. The molecule has 0 spiro atoms. The summed E-state index contributed by atoms with van der Waals surface area (Å²) < 4.78 is 13.3. The fourth-order valence-corrected chi connectivity index (χ4v) is 3.97. The van der Waals surface area contributed by atoms with Crippen LogP contribution in [0.4, 0.5) is 16.2 Å². The molecule has 2 aromatic rings. The summed E-state index contributed by atoms with van der Waals surface area (Å²) in [6, 6.07) is 6.75. The number of aromatic nitrogens is 2. The molecule has 2 unspecified atom stereocenters. The molecule has 0 radical (unpaired) electrons. The average Bonchev–Trinajstić information content (AvgIpc) is 3.12. The summed E-state index contributed by atoms with van der Waals surface area (Å²) in [5.41, 5.74) is 6.14. The van der Waals surface area contributed by atoms with Gasteiger partial charge in [-0.15, -0.1) is 0 Å². The second-order valence-corrected chi connectivity index (χ2v) is 7.71. The van der Waals surface area contributed by atoms with E-state index in [9.17, 15) is 14.3 Å². The molecule has 1 aromatic carbocycles. The predicted octanol–water partition coefficient (Wildman–Crippen LogP) is 0.859. The van der Waals surface area contributed by atoms with Crippen LogP contribution < -0.4 is 10.6 Å². The largest absolute Gasteiger partial charge is 0.390 e. The van der Waals surface area contributed by atoms with Crippen LogP contribution in [0.2, 0.25) is 5.02 Å². The zero-order valence-corrected chi connectivity index (χ0v) is 16.5. The van der Waals surface area contributed by atoms with Crippen molar-refractivity contribution in [2.75, 3.05) is 49.9 Å². The highest BCUT2D eigenvalue weighted by Gasteiger charge is 2.38. The standard InChI is InChI=1S/C19H22ClFN6O2/c20-13-3-1-12(2-4-13)18(29)26-7-5-25(6-8-26)15-10-27(11-16(15)28)19-23-9-14(21)17(22)24-19/h1-4,9,15-16,28H,5-8,10-11H2,(H2,22,23,24). The van der Waals surface area contributed by atoms with Gasteiger partial charge in [0.05, 0.1) is 18.3 Å². The Labute approximate surface area is 172 Å². The van der Waals surface area contributed by atoms with E-state index in [0.29, 0.717) is 55.8 Å². The van der Waals surface area contributed by atoms with E-state index in [1.807, 2.05) is 4.90 Å². The summed E-state index contributed by atoms with van der Waals surface area (Å²) in [4.78, 5) is 26.4. The lowest BCUT2D eigenvalue weighted by Crippen LogP contribution is -2.54. The van der Waals surface area contributed by atoms with Crippen LogP contribution in [-0.4, -0.2) is 82.2 Å². The van der Waals surface area contributed by atoms with Crippen LogP contribution in [0.1, 0.15) is 10.4 Å². The maximum Gasteiger partial charge on any atom is 0.253 e. The molecule has 2 aliphatic rings. The van der Waals surface area contributed by atoms with Gasteiger partial charge in [0.15, 0.2) is 11.6 Å². The lowest BCUT2D eigenvalue weighted by molar-refractivity contribution is 0.0376. The van der Waals surface area contributed by atoms with Gasteiger partial charge >= 0.3 is 0 Å². The summed E-state index contributed by atoms with van der Waals surface area (Å²) in [6.45, 7) is 3.31. The predicted molar refractivity (Wildman–Crippen MR) is 107 cm³/mol. The van der Waals surface area contributed by atoms with Crippen molar-refractivity contribution in [3.8, 4) is 0 Å². The molecule has 2 aliphatic heterocycles. The number of amides is 1. The summed E-state index contributed by atoms with van der Waals surface area (Å²) >= 11 is 5.89. The third-order valence-electron chi connectivity index (χ3n) is 5.46. The van der Waals surface area contributed by atoms with Gasteiger partial charge in [0.2, 0.25) is 5.95 Å². The minimum atomic E-state index is -0.661. The van der Waals surface area contributed by atoms with Crippen molar-refractivity contribution in [3.63, 3.8) is 0 Å². The smallest absolute Gasteiger partial charge is 0.253 e. The minimum absolute atomic E-state index is 0.0231. The van der Waals surface area contributed by atoms with E-state index in [1.54, 1.807) is 29.2 Å². The van der Waals surface area contributed by atoms with Crippen LogP contribution in [0.25, 0.3) is 0 Å². The Bertz CT molecular complexity index is 891. The topological polar surface area (TPSA) is 98.8 Å². The average molecular weight is 421 g/mol. The zero-order chi connectivity index (χ0) is 20.5. The van der Waals surface area contributed by atoms with Crippen LogP contribution in [0.15, 0.2) is 30.5 Å². The summed E-state index contributed by atoms with van der Waals surface area (Å²) in [6.07, 6.45) is 0.446. The summed E-state index contributed by atoms with van der Waals surface area (Å²) in [5.74, 6) is -0.583. The molecule has 8 nitrogen and oxygen atoms in total. The van der Waals surface area contributed by atoms with Crippen LogP contribution in [0.5, 0.6) is 0 Å². The molecule has 1 amide bonds. The maximum atomic E-state index is 13.3. The number of nitrogens with two attached hydrogens (primary N) is 1. The SMILES string of the molecule is Nc1nc(N2CC(O)C(N3CCN(C(=O)c4ccc(Cl)cc4)CC3)C2)ncc1F. The Morgan fingerprint density at radius 1 is 1.17 bits per heavy atom. The maximum absolute atomic E-state index is 13.3. The van der Waals surface area contributed by atoms with Crippen molar-refractivity contribution in [2.45, 2.75) is 12.1 Å². The number of rotatable bonds is 3. The van der Waals surface area contributed by atoms with Crippen molar-refractivity contribution in [2.24, 2.45) is 0 Å². The first-order chi connectivity index (χ1) is 13.9. The first kappa shape index (κ1) is 19.8. The fourth-order valence-electron chi connectivity index (χ4n) is 3.85. The molecule has 29 heavy (non-hydrogen) atoms. The number of carbonyl (C=O) groups excluding carboxylic acids is 1. The van der Waals surface area contributed by atoms with Gasteiger partial charge < -0.3 is 20.6 Å². The molecule has 154 valence electrons. The number of benzene rings is 1. The quantitative estimate of drug-likeness (QED) is 0.759. The number of β-amino-alcohol motifs (C(OH)–C–C–N with tert-alkyl or cyclic N) is 1. The molecule has 2 atom stereocenters. The number of hydrogen-bond donors (Lipinski definition) is 2. The third-order valence-corrected chi connectivity index (χ3v) is 5.71. The van der Waals surface area contributed by atoms with Crippen molar-refractivity contribution < 1.29 is 14.3 Å². The van der Waals surface area contributed by atoms with E-state index in [1.165, 1.54) is 0 Å². The van der Waals surface area contributed by atoms with E-state index >= 15 is 0 Å². The normalized spacial score (nSPS) is 22.9.